The molecule has 0 aliphatic carbocycles. The largest absolute Gasteiger partial charge is 0.399 e. The molecule has 0 spiro atoms. The molecule has 3 aromatic rings. The van der Waals surface area contributed by atoms with Crippen molar-refractivity contribution in [2.45, 2.75) is 31.5 Å². The van der Waals surface area contributed by atoms with E-state index in [9.17, 15) is 5.11 Å². The van der Waals surface area contributed by atoms with E-state index in [4.69, 9.17) is 15.2 Å². The third-order valence-corrected chi connectivity index (χ3v) is 6.47. The van der Waals surface area contributed by atoms with Crippen LogP contribution in [-0.2, 0) is 16.1 Å². The van der Waals surface area contributed by atoms with E-state index < -0.39 is 6.29 Å². The maximum Gasteiger partial charge on any atom is 0.225 e. The van der Waals surface area contributed by atoms with Crippen molar-refractivity contribution in [2.75, 3.05) is 43.4 Å². The molecular weight excluding hydrogens is 430 g/mol. The minimum absolute atomic E-state index is 0.0159. The Kier molecular flexibility index (Phi) is 7.01. The summed E-state index contributed by atoms with van der Waals surface area (Å²) in [6.45, 7) is 4.49. The lowest BCUT2D eigenvalue weighted by Gasteiger charge is -2.40. The number of aliphatic hydroxyl groups excluding tert-OH is 1. The van der Waals surface area contributed by atoms with Gasteiger partial charge in [-0.05, 0) is 29.3 Å². The molecule has 3 atom stereocenters. The second-order valence-electron chi connectivity index (χ2n) is 8.86. The third-order valence-electron chi connectivity index (χ3n) is 6.47. The van der Waals surface area contributed by atoms with Gasteiger partial charge in [-0.2, -0.15) is 0 Å². The van der Waals surface area contributed by atoms with Gasteiger partial charge in [0.15, 0.2) is 6.29 Å². The molecule has 3 unspecified atom stereocenters. The van der Waals surface area contributed by atoms with Crippen LogP contribution in [0.1, 0.15) is 35.5 Å². The molecule has 1 aromatic heterocycles. The average molecular weight is 462 g/mol. The molecule has 0 amide bonds. The van der Waals surface area contributed by atoms with Gasteiger partial charge in [0.1, 0.15) is 0 Å². The number of piperazine rings is 1. The van der Waals surface area contributed by atoms with Crippen molar-refractivity contribution < 1.29 is 14.6 Å². The number of nitrogen functional groups attached to an aromatic ring is 1. The molecule has 3 heterocycles. The number of hydrogen-bond acceptors (Lipinski definition) is 8. The molecule has 2 aliphatic rings. The van der Waals surface area contributed by atoms with Crippen LogP contribution in [-0.4, -0.2) is 58.8 Å². The summed E-state index contributed by atoms with van der Waals surface area (Å²) in [7, 11) is 0. The molecule has 8 heteroatoms. The summed E-state index contributed by atoms with van der Waals surface area (Å²) in [6, 6.07) is 17.5. The van der Waals surface area contributed by atoms with Crippen LogP contribution in [0.3, 0.4) is 0 Å². The number of aromatic nitrogens is 2. The van der Waals surface area contributed by atoms with Gasteiger partial charge in [0.25, 0.3) is 0 Å². The summed E-state index contributed by atoms with van der Waals surface area (Å²) >= 11 is 0. The molecule has 5 rings (SSSR count). The van der Waals surface area contributed by atoms with Crippen LogP contribution in [0.2, 0.25) is 0 Å². The number of nitrogens with zero attached hydrogens (tertiary/aromatic N) is 4. The molecular formula is C26H31N5O3. The third kappa shape index (κ3) is 5.37. The van der Waals surface area contributed by atoms with Gasteiger partial charge in [0.05, 0.1) is 18.8 Å². The number of aliphatic hydroxyl groups is 1. The molecule has 178 valence electrons. The van der Waals surface area contributed by atoms with Crippen molar-refractivity contribution in [3.8, 4) is 0 Å². The monoisotopic (exact) mass is 461 g/mol. The highest BCUT2D eigenvalue weighted by Crippen LogP contribution is 2.38. The lowest BCUT2D eigenvalue weighted by atomic mass is 9.99. The number of nitrogens with two attached hydrogens (primary N) is 1. The van der Waals surface area contributed by atoms with E-state index in [1.807, 2.05) is 54.6 Å². The van der Waals surface area contributed by atoms with Crippen molar-refractivity contribution in [2.24, 2.45) is 0 Å². The fourth-order valence-electron chi connectivity index (χ4n) is 4.61. The Labute approximate surface area is 200 Å². The van der Waals surface area contributed by atoms with Crippen LogP contribution in [0.15, 0.2) is 67.0 Å². The topological polar surface area (TPSA) is 97.0 Å². The number of rotatable bonds is 6. The standard InChI is InChI=1S/C26H31N5O3/c27-22-4-1-3-21(15-22)25-33-23(16-24(34-25)20-7-5-19(18-32)6-8-20)17-30-11-13-31(14-12-30)26-28-9-2-10-29-26/h1-10,15,23-25,32H,11-14,16-18,27H2. The summed E-state index contributed by atoms with van der Waals surface area (Å²) in [6.07, 6.45) is 3.77. The van der Waals surface area contributed by atoms with Gasteiger partial charge in [-0.1, -0.05) is 36.4 Å². The Morgan fingerprint density at radius 2 is 1.68 bits per heavy atom. The Hall–Kier alpha value is -3.04. The summed E-state index contributed by atoms with van der Waals surface area (Å²) in [5.41, 5.74) is 9.62. The van der Waals surface area contributed by atoms with E-state index in [1.165, 1.54) is 0 Å². The molecule has 2 fully saturated rings. The number of anilines is 2. The zero-order valence-corrected chi connectivity index (χ0v) is 19.2. The van der Waals surface area contributed by atoms with Crippen LogP contribution in [0.5, 0.6) is 0 Å². The van der Waals surface area contributed by atoms with Crippen LogP contribution in [0, 0.1) is 0 Å². The first-order valence-electron chi connectivity index (χ1n) is 11.8. The van der Waals surface area contributed by atoms with E-state index >= 15 is 0 Å². The van der Waals surface area contributed by atoms with Gasteiger partial charge in [0.2, 0.25) is 5.95 Å². The minimum Gasteiger partial charge on any atom is -0.399 e. The van der Waals surface area contributed by atoms with Gasteiger partial charge < -0.3 is 25.2 Å². The molecule has 8 nitrogen and oxygen atoms in total. The number of ether oxygens (including phenoxy) is 2. The molecule has 0 saturated carbocycles. The first-order valence-corrected chi connectivity index (χ1v) is 11.8. The lowest BCUT2D eigenvalue weighted by Crippen LogP contribution is -2.50. The predicted octanol–water partition coefficient (Wildman–Crippen LogP) is 2.92. The fraction of sp³-hybridized carbons (Fsp3) is 0.385. The SMILES string of the molecule is Nc1cccc(C2OC(CN3CCN(c4ncccn4)CC3)CC(c3ccc(CO)cc3)O2)c1. The van der Waals surface area contributed by atoms with Gasteiger partial charge >= 0.3 is 0 Å². The highest BCUT2D eigenvalue weighted by atomic mass is 16.7. The normalized spacial score (nSPS) is 23.7. The van der Waals surface area contributed by atoms with Crippen LogP contribution in [0.25, 0.3) is 0 Å². The minimum atomic E-state index is -0.483. The van der Waals surface area contributed by atoms with Crippen molar-refractivity contribution in [3.63, 3.8) is 0 Å². The maximum absolute atomic E-state index is 9.39. The van der Waals surface area contributed by atoms with Gasteiger partial charge in [-0.15, -0.1) is 0 Å². The zero-order chi connectivity index (χ0) is 23.3. The Bertz CT molecular complexity index is 1060. The molecule has 3 N–H and O–H groups in total. The van der Waals surface area contributed by atoms with Crippen molar-refractivity contribution >= 4 is 11.6 Å². The van der Waals surface area contributed by atoms with E-state index in [0.29, 0.717) is 5.69 Å². The maximum atomic E-state index is 9.39. The molecule has 34 heavy (non-hydrogen) atoms. The fourth-order valence-corrected chi connectivity index (χ4v) is 4.61. The highest BCUT2D eigenvalue weighted by molar-refractivity contribution is 5.41. The number of hydrogen-bond donors (Lipinski definition) is 2. The smallest absolute Gasteiger partial charge is 0.225 e. The van der Waals surface area contributed by atoms with E-state index in [1.54, 1.807) is 12.4 Å². The van der Waals surface area contributed by atoms with E-state index in [2.05, 4.69) is 19.8 Å². The van der Waals surface area contributed by atoms with Crippen molar-refractivity contribution in [1.82, 2.24) is 14.9 Å². The number of benzene rings is 2. The average Bonchev–Trinajstić information content (AvgIpc) is 2.89. The van der Waals surface area contributed by atoms with E-state index in [-0.39, 0.29) is 18.8 Å². The van der Waals surface area contributed by atoms with E-state index in [0.717, 1.165) is 61.8 Å². The summed E-state index contributed by atoms with van der Waals surface area (Å²) in [5, 5.41) is 9.39. The highest BCUT2D eigenvalue weighted by Gasteiger charge is 2.34. The Balaban J connectivity index is 1.28. The van der Waals surface area contributed by atoms with Gasteiger partial charge in [-0.3, -0.25) is 4.90 Å². The van der Waals surface area contributed by atoms with Gasteiger partial charge in [0, 0.05) is 62.8 Å². The molecule has 0 bridgehead atoms. The molecule has 0 radical (unpaired) electrons. The van der Waals surface area contributed by atoms with Crippen LogP contribution < -0.4 is 10.6 Å². The Morgan fingerprint density at radius 3 is 2.38 bits per heavy atom. The molecule has 2 aromatic carbocycles. The Morgan fingerprint density at radius 1 is 0.912 bits per heavy atom. The lowest BCUT2D eigenvalue weighted by molar-refractivity contribution is -0.253. The summed E-state index contributed by atoms with van der Waals surface area (Å²) in [4.78, 5) is 13.4. The quantitative estimate of drug-likeness (QED) is 0.541. The first-order chi connectivity index (χ1) is 16.7. The van der Waals surface area contributed by atoms with Crippen molar-refractivity contribution in [3.05, 3.63) is 83.7 Å². The van der Waals surface area contributed by atoms with Gasteiger partial charge in [-0.25, -0.2) is 9.97 Å². The zero-order valence-electron chi connectivity index (χ0n) is 19.2. The van der Waals surface area contributed by atoms with Crippen LogP contribution in [0.4, 0.5) is 11.6 Å². The molecule has 2 saturated heterocycles. The molecule has 2 aliphatic heterocycles. The predicted molar refractivity (Wildman–Crippen MR) is 130 cm³/mol. The summed E-state index contributed by atoms with van der Waals surface area (Å²) < 4.78 is 12.8. The second-order valence-corrected chi connectivity index (χ2v) is 8.86. The summed E-state index contributed by atoms with van der Waals surface area (Å²) in [5.74, 6) is 0.789. The first kappa shape index (κ1) is 22.7. The second kappa shape index (κ2) is 10.5. The van der Waals surface area contributed by atoms with Crippen LogP contribution >= 0.6 is 0 Å². The van der Waals surface area contributed by atoms with Crippen molar-refractivity contribution in [1.29, 1.82) is 0 Å².